The Kier molecular flexibility index (Phi) is 14.0. The SMILES string of the molecule is O=C(O)CCCCCCC(=O)NCc1ccccc1-c1ccc([C@@H]2O[C@H](CN3CCN(c4ccc([N+](=O)[O-])cc4)CC3)C[C@H](c3ccc(CO)cc3)O2)cc1. The van der Waals surface area contributed by atoms with Crippen molar-refractivity contribution < 1.29 is 34.2 Å². The largest absolute Gasteiger partial charge is 0.481 e. The molecule has 3 atom stereocenters. The van der Waals surface area contributed by atoms with E-state index in [0.717, 1.165) is 91.1 Å². The predicted octanol–water partition coefficient (Wildman–Crippen LogP) is 7.16. The van der Waals surface area contributed by atoms with Crippen molar-refractivity contribution in [3.63, 3.8) is 0 Å². The van der Waals surface area contributed by atoms with E-state index in [0.29, 0.717) is 25.8 Å². The molecule has 2 aliphatic rings. The minimum atomic E-state index is -0.785. The number of nitrogens with zero attached hydrogens (tertiary/aromatic N) is 3. The fourth-order valence-corrected chi connectivity index (χ4v) is 7.27. The minimum absolute atomic E-state index is 0.0172. The number of aliphatic hydroxyl groups excluding tert-OH is 1. The number of amides is 1. The standard InChI is InChI=1S/C43H50N4O8/c48-30-31-11-13-33(14-12-31)40-27-38(29-45-23-25-46(26-24-45)36-19-21-37(22-20-36)47(52)53)54-43(55-40)34-17-15-32(16-18-34)39-8-6-5-7-35(39)28-44-41(49)9-3-1-2-4-10-42(50)51/h5-8,11-22,38,40,43,48H,1-4,9-10,23-30H2,(H,44,49)(H,50,51)/t38-,40+,43+/m0/s1. The Bertz CT molecular complexity index is 1860. The number of aliphatic carboxylic acids is 1. The number of carboxylic acids is 1. The number of aliphatic hydroxyl groups is 1. The van der Waals surface area contributed by atoms with Gasteiger partial charge in [-0.15, -0.1) is 0 Å². The van der Waals surface area contributed by atoms with Gasteiger partial charge in [0.15, 0.2) is 6.29 Å². The van der Waals surface area contributed by atoms with Crippen molar-refractivity contribution in [1.82, 2.24) is 10.2 Å². The molecule has 0 unspecified atom stereocenters. The molecule has 0 saturated carbocycles. The molecule has 12 heteroatoms. The molecule has 55 heavy (non-hydrogen) atoms. The van der Waals surface area contributed by atoms with Crippen LogP contribution in [0.3, 0.4) is 0 Å². The normalized spacial score (nSPS) is 18.9. The number of carbonyl (C=O) groups is 2. The summed E-state index contributed by atoms with van der Waals surface area (Å²) in [7, 11) is 0. The molecule has 12 nitrogen and oxygen atoms in total. The Morgan fingerprint density at radius 2 is 1.47 bits per heavy atom. The zero-order valence-electron chi connectivity index (χ0n) is 31.1. The van der Waals surface area contributed by atoms with Crippen LogP contribution in [0.25, 0.3) is 11.1 Å². The van der Waals surface area contributed by atoms with Gasteiger partial charge in [-0.2, -0.15) is 0 Å². The van der Waals surface area contributed by atoms with Crippen LogP contribution in [0, 0.1) is 10.1 Å². The zero-order chi connectivity index (χ0) is 38.6. The Morgan fingerprint density at radius 1 is 0.800 bits per heavy atom. The molecular formula is C43H50N4O8. The van der Waals surface area contributed by atoms with Crippen LogP contribution < -0.4 is 10.2 Å². The summed E-state index contributed by atoms with van der Waals surface area (Å²) in [6.45, 7) is 4.40. The highest BCUT2D eigenvalue weighted by atomic mass is 16.7. The highest BCUT2D eigenvalue weighted by Gasteiger charge is 2.34. The fourth-order valence-electron chi connectivity index (χ4n) is 7.27. The van der Waals surface area contributed by atoms with Crippen molar-refractivity contribution in [3.8, 4) is 11.1 Å². The summed E-state index contributed by atoms with van der Waals surface area (Å²) >= 11 is 0. The third-order valence-corrected chi connectivity index (χ3v) is 10.4. The molecule has 6 rings (SSSR count). The average molecular weight is 751 g/mol. The lowest BCUT2D eigenvalue weighted by Crippen LogP contribution is -2.49. The third kappa shape index (κ3) is 11.2. The summed E-state index contributed by atoms with van der Waals surface area (Å²) in [6.07, 6.45) is 3.38. The van der Waals surface area contributed by atoms with Crippen LogP contribution in [0.4, 0.5) is 11.4 Å². The first-order valence-electron chi connectivity index (χ1n) is 19.1. The number of rotatable bonds is 17. The van der Waals surface area contributed by atoms with E-state index in [9.17, 15) is 24.8 Å². The third-order valence-electron chi connectivity index (χ3n) is 10.4. The summed E-state index contributed by atoms with van der Waals surface area (Å²) in [5, 5.41) is 32.5. The molecule has 3 N–H and O–H groups in total. The number of hydrogen-bond donors (Lipinski definition) is 3. The molecule has 2 heterocycles. The lowest BCUT2D eigenvalue weighted by atomic mass is 9.97. The number of piperazine rings is 1. The Hall–Kier alpha value is -5.14. The fraction of sp³-hybridized carbons (Fsp3) is 0.395. The summed E-state index contributed by atoms with van der Waals surface area (Å²) in [5.41, 5.74) is 6.90. The van der Waals surface area contributed by atoms with E-state index in [4.69, 9.17) is 14.6 Å². The molecule has 4 aromatic carbocycles. The highest BCUT2D eigenvalue weighted by molar-refractivity contribution is 5.76. The second kappa shape index (κ2) is 19.4. The van der Waals surface area contributed by atoms with Gasteiger partial charge in [-0.05, 0) is 52.8 Å². The molecule has 0 bridgehead atoms. The Labute approximate surface area is 321 Å². The molecule has 2 aliphatic heterocycles. The summed E-state index contributed by atoms with van der Waals surface area (Å²) < 4.78 is 13.3. The number of benzene rings is 4. The van der Waals surface area contributed by atoms with Crippen molar-refractivity contribution in [2.24, 2.45) is 0 Å². The summed E-state index contributed by atoms with van der Waals surface area (Å²) in [5.74, 6) is -0.802. The number of nitro benzene ring substituents is 1. The molecule has 0 radical (unpaired) electrons. The van der Waals surface area contributed by atoms with Gasteiger partial charge in [-0.3, -0.25) is 24.6 Å². The van der Waals surface area contributed by atoms with Gasteiger partial charge in [0.25, 0.3) is 5.69 Å². The number of nitrogens with one attached hydrogen (secondary N) is 1. The van der Waals surface area contributed by atoms with E-state index < -0.39 is 12.3 Å². The molecule has 2 saturated heterocycles. The monoisotopic (exact) mass is 750 g/mol. The number of hydrogen-bond acceptors (Lipinski definition) is 9. The van der Waals surface area contributed by atoms with E-state index in [1.165, 1.54) is 0 Å². The maximum absolute atomic E-state index is 12.6. The maximum atomic E-state index is 12.6. The number of ether oxygens (including phenoxy) is 2. The van der Waals surface area contributed by atoms with Crippen LogP contribution in [0.2, 0.25) is 0 Å². The predicted molar refractivity (Wildman–Crippen MR) is 209 cm³/mol. The van der Waals surface area contributed by atoms with Crippen LogP contribution in [0.5, 0.6) is 0 Å². The molecule has 0 aromatic heterocycles. The number of carboxylic acid groups (broad SMARTS) is 1. The lowest BCUT2D eigenvalue weighted by Gasteiger charge is -2.41. The highest BCUT2D eigenvalue weighted by Crippen LogP contribution is 2.39. The van der Waals surface area contributed by atoms with Crippen LogP contribution in [0.1, 0.15) is 79.6 Å². The summed E-state index contributed by atoms with van der Waals surface area (Å²) in [6, 6.07) is 30.8. The van der Waals surface area contributed by atoms with Crippen molar-refractivity contribution >= 4 is 23.3 Å². The average Bonchev–Trinajstić information content (AvgIpc) is 3.21. The van der Waals surface area contributed by atoms with Crippen molar-refractivity contribution in [3.05, 3.63) is 129 Å². The van der Waals surface area contributed by atoms with Gasteiger partial charge in [0.05, 0.1) is 23.7 Å². The maximum Gasteiger partial charge on any atom is 0.303 e. The van der Waals surface area contributed by atoms with Gasteiger partial charge < -0.3 is 29.9 Å². The zero-order valence-corrected chi connectivity index (χ0v) is 31.1. The number of anilines is 1. The van der Waals surface area contributed by atoms with Crippen LogP contribution in [-0.4, -0.2) is 70.7 Å². The second-order valence-electron chi connectivity index (χ2n) is 14.3. The van der Waals surface area contributed by atoms with Gasteiger partial charge in [0.2, 0.25) is 5.91 Å². The van der Waals surface area contributed by atoms with E-state index in [1.54, 1.807) is 12.1 Å². The molecule has 290 valence electrons. The van der Waals surface area contributed by atoms with Crippen molar-refractivity contribution in [2.45, 2.75) is 76.6 Å². The van der Waals surface area contributed by atoms with Gasteiger partial charge in [0, 0.05) is 81.9 Å². The number of nitro groups is 1. The number of non-ortho nitro benzene ring substituents is 1. The smallest absolute Gasteiger partial charge is 0.303 e. The molecule has 1 amide bonds. The molecule has 0 aliphatic carbocycles. The Balaban J connectivity index is 1.08. The first-order chi connectivity index (χ1) is 26.7. The first kappa shape index (κ1) is 39.6. The first-order valence-corrected chi connectivity index (χ1v) is 19.1. The van der Waals surface area contributed by atoms with Gasteiger partial charge in [-0.1, -0.05) is 85.6 Å². The van der Waals surface area contributed by atoms with Crippen LogP contribution in [-0.2, 0) is 32.2 Å². The minimum Gasteiger partial charge on any atom is -0.481 e. The van der Waals surface area contributed by atoms with Gasteiger partial charge >= 0.3 is 5.97 Å². The van der Waals surface area contributed by atoms with E-state index in [-0.39, 0.29) is 41.8 Å². The number of unbranched alkanes of at least 4 members (excludes halogenated alkanes) is 3. The second-order valence-corrected chi connectivity index (χ2v) is 14.3. The topological polar surface area (TPSA) is 155 Å². The van der Waals surface area contributed by atoms with E-state index >= 15 is 0 Å². The summed E-state index contributed by atoms with van der Waals surface area (Å²) in [4.78, 5) is 38.6. The molecule has 2 fully saturated rings. The van der Waals surface area contributed by atoms with Crippen LogP contribution in [0.15, 0.2) is 97.1 Å². The molecule has 0 spiro atoms. The van der Waals surface area contributed by atoms with Crippen LogP contribution >= 0.6 is 0 Å². The van der Waals surface area contributed by atoms with Gasteiger partial charge in [-0.25, -0.2) is 0 Å². The van der Waals surface area contributed by atoms with Crippen molar-refractivity contribution in [1.29, 1.82) is 0 Å². The Morgan fingerprint density at radius 3 is 2.15 bits per heavy atom. The quantitative estimate of drug-likeness (QED) is 0.0575. The van der Waals surface area contributed by atoms with Gasteiger partial charge in [0.1, 0.15) is 0 Å². The molecular weight excluding hydrogens is 700 g/mol. The van der Waals surface area contributed by atoms with E-state index in [1.807, 2.05) is 66.7 Å². The lowest BCUT2D eigenvalue weighted by molar-refractivity contribution is -0.384. The number of carbonyl (C=O) groups excluding carboxylic acids is 1. The molecule has 4 aromatic rings. The van der Waals surface area contributed by atoms with E-state index in [2.05, 4.69) is 33.3 Å². The van der Waals surface area contributed by atoms with Crippen molar-refractivity contribution in [2.75, 3.05) is 37.6 Å².